The molecule has 1 aliphatic rings. The molecule has 1 aromatic rings. The Morgan fingerprint density at radius 2 is 1.77 bits per heavy atom. The fourth-order valence-corrected chi connectivity index (χ4v) is 1.72. The molecule has 70 valence electrons. The van der Waals surface area contributed by atoms with Gasteiger partial charge < -0.3 is 4.90 Å². The third-order valence-corrected chi connectivity index (χ3v) is 2.37. The Morgan fingerprint density at radius 3 is 2.23 bits per heavy atom. The lowest BCUT2D eigenvalue weighted by atomic mass is 9.84. The van der Waals surface area contributed by atoms with Gasteiger partial charge in [-0.25, -0.2) is 9.97 Å². The Hall–Kier alpha value is -1.12. The number of nitrogens with zero attached hydrogens (tertiary/aromatic N) is 3. The summed E-state index contributed by atoms with van der Waals surface area (Å²) in [6.45, 7) is 8.68. The van der Waals surface area contributed by atoms with Crippen LogP contribution in [0.1, 0.15) is 19.7 Å². The predicted molar refractivity (Wildman–Crippen MR) is 52.8 cm³/mol. The summed E-state index contributed by atoms with van der Waals surface area (Å²) in [6.07, 6.45) is 3.80. The van der Waals surface area contributed by atoms with Gasteiger partial charge in [0, 0.05) is 13.1 Å². The SMILES string of the molecule is Cc1ncc(N2CC(C)(C)C2)cn1. The largest absolute Gasteiger partial charge is 0.368 e. The van der Waals surface area contributed by atoms with Gasteiger partial charge in [0.25, 0.3) is 0 Å². The maximum atomic E-state index is 4.18. The third-order valence-electron chi connectivity index (χ3n) is 2.37. The first-order valence-corrected chi connectivity index (χ1v) is 4.60. The molecular formula is C10H15N3. The van der Waals surface area contributed by atoms with Gasteiger partial charge in [0.1, 0.15) is 5.82 Å². The van der Waals surface area contributed by atoms with Crippen LogP contribution in [0, 0.1) is 12.3 Å². The van der Waals surface area contributed by atoms with Crippen molar-refractivity contribution in [3.05, 3.63) is 18.2 Å². The quantitative estimate of drug-likeness (QED) is 0.653. The molecule has 0 radical (unpaired) electrons. The van der Waals surface area contributed by atoms with E-state index in [2.05, 4.69) is 28.7 Å². The average molecular weight is 177 g/mol. The first kappa shape index (κ1) is 8.48. The zero-order valence-corrected chi connectivity index (χ0v) is 8.41. The fourth-order valence-electron chi connectivity index (χ4n) is 1.72. The second-order valence-corrected chi connectivity index (χ2v) is 4.51. The normalized spacial score (nSPS) is 19.8. The van der Waals surface area contributed by atoms with Crippen molar-refractivity contribution in [2.24, 2.45) is 5.41 Å². The van der Waals surface area contributed by atoms with Gasteiger partial charge in [0.15, 0.2) is 0 Å². The molecule has 3 nitrogen and oxygen atoms in total. The highest BCUT2D eigenvalue weighted by molar-refractivity contribution is 5.45. The summed E-state index contributed by atoms with van der Waals surface area (Å²) in [5.41, 5.74) is 1.61. The first-order valence-electron chi connectivity index (χ1n) is 4.60. The van der Waals surface area contributed by atoms with Gasteiger partial charge in [0.2, 0.25) is 0 Å². The van der Waals surface area contributed by atoms with Crippen LogP contribution < -0.4 is 4.90 Å². The highest BCUT2D eigenvalue weighted by Gasteiger charge is 2.34. The fraction of sp³-hybridized carbons (Fsp3) is 0.600. The van der Waals surface area contributed by atoms with Gasteiger partial charge in [-0.2, -0.15) is 0 Å². The number of aromatic nitrogens is 2. The molecule has 0 saturated carbocycles. The predicted octanol–water partition coefficient (Wildman–Crippen LogP) is 1.63. The number of aryl methyl sites for hydroxylation is 1. The van der Waals surface area contributed by atoms with Gasteiger partial charge in [-0.05, 0) is 12.3 Å². The number of rotatable bonds is 1. The van der Waals surface area contributed by atoms with Crippen LogP contribution in [0.3, 0.4) is 0 Å². The van der Waals surface area contributed by atoms with E-state index in [4.69, 9.17) is 0 Å². The van der Waals surface area contributed by atoms with Crippen molar-refractivity contribution in [3.63, 3.8) is 0 Å². The molecule has 2 rings (SSSR count). The smallest absolute Gasteiger partial charge is 0.125 e. The van der Waals surface area contributed by atoms with Crippen molar-refractivity contribution < 1.29 is 0 Å². The summed E-state index contributed by atoms with van der Waals surface area (Å²) >= 11 is 0. The second-order valence-electron chi connectivity index (χ2n) is 4.51. The Bertz CT molecular complexity index is 294. The highest BCUT2D eigenvalue weighted by atomic mass is 15.2. The van der Waals surface area contributed by atoms with E-state index in [9.17, 15) is 0 Å². The lowest BCUT2D eigenvalue weighted by molar-refractivity contribution is 0.276. The monoisotopic (exact) mass is 177 g/mol. The Labute approximate surface area is 78.8 Å². The van der Waals surface area contributed by atoms with E-state index in [1.807, 2.05) is 19.3 Å². The first-order chi connectivity index (χ1) is 6.07. The zero-order valence-electron chi connectivity index (χ0n) is 8.41. The molecular weight excluding hydrogens is 162 g/mol. The summed E-state index contributed by atoms with van der Waals surface area (Å²) in [6, 6.07) is 0. The number of hydrogen-bond acceptors (Lipinski definition) is 3. The second kappa shape index (κ2) is 2.69. The van der Waals surface area contributed by atoms with Gasteiger partial charge in [-0.15, -0.1) is 0 Å². The Morgan fingerprint density at radius 1 is 1.23 bits per heavy atom. The maximum absolute atomic E-state index is 4.18. The van der Waals surface area contributed by atoms with Crippen LogP contribution in [0.25, 0.3) is 0 Å². The molecule has 0 N–H and O–H groups in total. The zero-order chi connectivity index (χ0) is 9.47. The van der Waals surface area contributed by atoms with Crippen molar-refractivity contribution in [1.82, 2.24) is 9.97 Å². The minimum Gasteiger partial charge on any atom is -0.368 e. The standard InChI is InChI=1S/C10H15N3/c1-8-11-4-9(5-12-8)13-6-10(2,3)7-13/h4-5H,6-7H2,1-3H3. The van der Waals surface area contributed by atoms with Crippen molar-refractivity contribution in [3.8, 4) is 0 Å². The van der Waals surface area contributed by atoms with Crippen LogP contribution in [-0.2, 0) is 0 Å². The van der Waals surface area contributed by atoms with Gasteiger partial charge in [-0.3, -0.25) is 0 Å². The summed E-state index contributed by atoms with van der Waals surface area (Å²) in [5.74, 6) is 0.837. The third kappa shape index (κ3) is 1.64. The van der Waals surface area contributed by atoms with Gasteiger partial charge in [0.05, 0.1) is 18.1 Å². The van der Waals surface area contributed by atoms with Crippen molar-refractivity contribution in [2.45, 2.75) is 20.8 Å². The molecule has 13 heavy (non-hydrogen) atoms. The molecule has 0 aromatic carbocycles. The van der Waals surface area contributed by atoms with Gasteiger partial charge >= 0.3 is 0 Å². The van der Waals surface area contributed by atoms with Crippen LogP contribution in [0.5, 0.6) is 0 Å². The number of anilines is 1. The summed E-state index contributed by atoms with van der Waals surface area (Å²) < 4.78 is 0. The number of hydrogen-bond donors (Lipinski definition) is 0. The molecule has 0 unspecified atom stereocenters. The topological polar surface area (TPSA) is 29.0 Å². The Balaban J connectivity index is 2.08. The molecule has 0 bridgehead atoms. The van der Waals surface area contributed by atoms with E-state index in [0.717, 1.165) is 24.6 Å². The van der Waals surface area contributed by atoms with E-state index in [-0.39, 0.29) is 0 Å². The highest BCUT2D eigenvalue weighted by Crippen LogP contribution is 2.32. The Kier molecular flexibility index (Phi) is 1.75. The molecule has 0 spiro atoms. The maximum Gasteiger partial charge on any atom is 0.125 e. The van der Waals surface area contributed by atoms with E-state index in [0.29, 0.717) is 5.41 Å². The van der Waals surface area contributed by atoms with Crippen LogP contribution >= 0.6 is 0 Å². The molecule has 2 heterocycles. The van der Waals surface area contributed by atoms with E-state index >= 15 is 0 Å². The minimum absolute atomic E-state index is 0.463. The molecule has 3 heteroatoms. The minimum atomic E-state index is 0.463. The molecule has 1 aromatic heterocycles. The summed E-state index contributed by atoms with van der Waals surface area (Å²) in [7, 11) is 0. The van der Waals surface area contributed by atoms with Crippen molar-refractivity contribution in [2.75, 3.05) is 18.0 Å². The lowest BCUT2D eigenvalue weighted by Crippen LogP contribution is -2.53. The van der Waals surface area contributed by atoms with Crippen molar-refractivity contribution >= 4 is 5.69 Å². The molecule has 1 saturated heterocycles. The van der Waals surface area contributed by atoms with Crippen LogP contribution in [0.4, 0.5) is 5.69 Å². The van der Waals surface area contributed by atoms with Crippen molar-refractivity contribution in [1.29, 1.82) is 0 Å². The summed E-state index contributed by atoms with van der Waals surface area (Å²) in [5, 5.41) is 0. The molecule has 1 fully saturated rings. The molecule has 1 aliphatic heterocycles. The van der Waals surface area contributed by atoms with Crippen LogP contribution in [0.15, 0.2) is 12.4 Å². The van der Waals surface area contributed by atoms with Gasteiger partial charge in [-0.1, -0.05) is 13.8 Å². The molecule has 0 aliphatic carbocycles. The average Bonchev–Trinajstić information content (AvgIpc) is 2.01. The van der Waals surface area contributed by atoms with E-state index in [1.165, 1.54) is 0 Å². The molecule has 0 amide bonds. The van der Waals surface area contributed by atoms with E-state index < -0.39 is 0 Å². The summed E-state index contributed by atoms with van der Waals surface area (Å²) in [4.78, 5) is 10.7. The lowest BCUT2D eigenvalue weighted by Gasteiger charge is -2.47. The van der Waals surface area contributed by atoms with E-state index in [1.54, 1.807) is 0 Å². The molecule has 0 atom stereocenters. The van der Waals surface area contributed by atoms with Crippen LogP contribution in [-0.4, -0.2) is 23.1 Å². The van der Waals surface area contributed by atoms with Crippen LogP contribution in [0.2, 0.25) is 0 Å².